The monoisotopic (exact) mass is 558 g/mol. The molecule has 12 heteroatoms. The number of alkyl halides is 3. The summed E-state index contributed by atoms with van der Waals surface area (Å²) < 4.78 is 68.9. The molecule has 0 spiro atoms. The molecule has 1 fully saturated rings. The molecule has 1 aliphatic heterocycles. The van der Waals surface area contributed by atoms with Crippen LogP contribution < -0.4 is 4.90 Å². The van der Waals surface area contributed by atoms with E-state index in [0.717, 1.165) is 36.0 Å². The number of fused-ring (bicyclic) bond motifs is 1. The fourth-order valence-electron chi connectivity index (χ4n) is 4.81. The predicted octanol–water partition coefficient (Wildman–Crippen LogP) is 5.25. The van der Waals surface area contributed by atoms with Crippen LogP contribution in [0.3, 0.4) is 0 Å². The summed E-state index contributed by atoms with van der Waals surface area (Å²) in [6, 6.07) is 13.5. The number of halogens is 3. The summed E-state index contributed by atoms with van der Waals surface area (Å²) in [6.07, 6.45) is -1.02. The van der Waals surface area contributed by atoms with Crippen LogP contribution in [0.25, 0.3) is 16.7 Å². The third-order valence-electron chi connectivity index (χ3n) is 6.93. The van der Waals surface area contributed by atoms with E-state index < -0.39 is 21.8 Å². The maximum absolute atomic E-state index is 13.2. The van der Waals surface area contributed by atoms with E-state index in [1.54, 1.807) is 10.9 Å². The van der Waals surface area contributed by atoms with E-state index in [1.165, 1.54) is 10.4 Å². The number of benzene rings is 2. The molecule has 3 heterocycles. The molecule has 1 saturated heterocycles. The minimum absolute atomic E-state index is 0.108. The van der Waals surface area contributed by atoms with Gasteiger partial charge in [0.1, 0.15) is 11.6 Å². The maximum atomic E-state index is 13.2. The Hall–Kier alpha value is -3.51. The fraction of sp³-hybridized carbons (Fsp3) is 0.370. The van der Waals surface area contributed by atoms with Gasteiger partial charge in [-0.25, -0.2) is 23.1 Å². The van der Waals surface area contributed by atoms with E-state index in [0.29, 0.717) is 36.4 Å². The summed E-state index contributed by atoms with van der Waals surface area (Å²) in [4.78, 5) is 11.4. The van der Waals surface area contributed by atoms with E-state index in [4.69, 9.17) is 9.97 Å². The molecular formula is C27H29F3N6O2S. The minimum Gasteiger partial charge on any atom is -0.353 e. The molecule has 1 unspecified atom stereocenters. The zero-order chi connectivity index (χ0) is 27.8. The molecule has 2 aromatic heterocycles. The fourth-order valence-corrected chi connectivity index (χ4v) is 6.28. The van der Waals surface area contributed by atoms with Gasteiger partial charge in [0.25, 0.3) is 0 Å². The van der Waals surface area contributed by atoms with Crippen LogP contribution >= 0.6 is 0 Å². The van der Waals surface area contributed by atoms with Crippen molar-refractivity contribution in [2.24, 2.45) is 0 Å². The van der Waals surface area contributed by atoms with Crippen LogP contribution in [-0.2, 0) is 16.2 Å². The second-order valence-electron chi connectivity index (χ2n) is 9.64. The van der Waals surface area contributed by atoms with Crippen molar-refractivity contribution < 1.29 is 21.6 Å². The van der Waals surface area contributed by atoms with Crippen molar-refractivity contribution in [1.82, 2.24) is 24.1 Å². The lowest BCUT2D eigenvalue weighted by Crippen LogP contribution is -2.49. The van der Waals surface area contributed by atoms with Gasteiger partial charge in [-0.3, -0.25) is 0 Å². The molecule has 4 aromatic rings. The van der Waals surface area contributed by atoms with Gasteiger partial charge in [-0.2, -0.15) is 22.6 Å². The van der Waals surface area contributed by atoms with Crippen molar-refractivity contribution in [2.45, 2.75) is 43.7 Å². The molecule has 2 aromatic carbocycles. The van der Waals surface area contributed by atoms with Crippen LogP contribution in [0.5, 0.6) is 0 Å². The first kappa shape index (κ1) is 27.1. The zero-order valence-electron chi connectivity index (χ0n) is 21.6. The lowest BCUT2D eigenvalue weighted by atomic mass is 10.1. The van der Waals surface area contributed by atoms with Gasteiger partial charge in [0.05, 0.1) is 27.7 Å². The van der Waals surface area contributed by atoms with Crippen LogP contribution in [0.2, 0.25) is 0 Å². The van der Waals surface area contributed by atoms with Crippen molar-refractivity contribution in [3.05, 3.63) is 72.2 Å². The van der Waals surface area contributed by atoms with Gasteiger partial charge in [-0.05, 0) is 36.8 Å². The third-order valence-corrected chi connectivity index (χ3v) is 8.82. The van der Waals surface area contributed by atoms with Crippen LogP contribution in [-0.4, -0.2) is 58.7 Å². The standard InChI is InChI=1S/C27H29F3N6O2S/c1-3-8-19(2)24-32-25(23-18-31-36(26(23)33-24)21-10-5-4-6-11-21)34-13-15-35(16-14-34)39(37,38)22-12-7-9-20(17-22)27(28,29)30/h4-7,9-12,17-19H,3,8,13-16H2,1-2H3. The molecule has 0 saturated carbocycles. The lowest BCUT2D eigenvalue weighted by Gasteiger charge is -2.35. The Morgan fingerprint density at radius 2 is 1.69 bits per heavy atom. The number of sulfonamides is 1. The molecule has 206 valence electrons. The Bertz CT molecular complexity index is 1570. The average Bonchev–Trinajstić information content (AvgIpc) is 3.37. The summed E-state index contributed by atoms with van der Waals surface area (Å²) in [5, 5.41) is 5.33. The van der Waals surface area contributed by atoms with E-state index in [-0.39, 0.29) is 23.9 Å². The molecule has 1 aliphatic rings. The number of para-hydroxylation sites is 1. The molecule has 39 heavy (non-hydrogen) atoms. The number of anilines is 1. The molecule has 0 N–H and O–H groups in total. The quantitative estimate of drug-likeness (QED) is 0.308. The Morgan fingerprint density at radius 1 is 0.974 bits per heavy atom. The summed E-state index contributed by atoms with van der Waals surface area (Å²) in [6.45, 7) is 5.05. The first-order valence-electron chi connectivity index (χ1n) is 12.8. The van der Waals surface area contributed by atoms with Crippen molar-refractivity contribution in [2.75, 3.05) is 31.1 Å². The molecule has 0 radical (unpaired) electrons. The lowest BCUT2D eigenvalue weighted by molar-refractivity contribution is -0.137. The van der Waals surface area contributed by atoms with E-state index in [1.807, 2.05) is 35.2 Å². The molecule has 5 rings (SSSR count). The van der Waals surface area contributed by atoms with Crippen molar-refractivity contribution in [3.63, 3.8) is 0 Å². The van der Waals surface area contributed by atoms with Gasteiger partial charge in [0.2, 0.25) is 10.0 Å². The van der Waals surface area contributed by atoms with Crippen LogP contribution in [0.4, 0.5) is 19.0 Å². The average molecular weight is 559 g/mol. The van der Waals surface area contributed by atoms with Crippen molar-refractivity contribution in [3.8, 4) is 5.69 Å². The molecule has 0 bridgehead atoms. The molecule has 0 aliphatic carbocycles. The largest absolute Gasteiger partial charge is 0.416 e. The second kappa shape index (κ2) is 10.6. The van der Waals surface area contributed by atoms with Gasteiger partial charge in [-0.15, -0.1) is 0 Å². The Morgan fingerprint density at radius 3 is 2.36 bits per heavy atom. The zero-order valence-corrected chi connectivity index (χ0v) is 22.5. The van der Waals surface area contributed by atoms with E-state index in [9.17, 15) is 21.6 Å². The highest BCUT2D eigenvalue weighted by molar-refractivity contribution is 7.89. The van der Waals surface area contributed by atoms with Crippen LogP contribution in [0.15, 0.2) is 65.7 Å². The smallest absolute Gasteiger partial charge is 0.353 e. The summed E-state index contributed by atoms with van der Waals surface area (Å²) in [5.41, 5.74) is 0.543. The minimum atomic E-state index is -4.63. The number of hydrogen-bond donors (Lipinski definition) is 0. The maximum Gasteiger partial charge on any atom is 0.416 e. The molecule has 8 nitrogen and oxygen atoms in total. The first-order chi connectivity index (χ1) is 18.6. The van der Waals surface area contributed by atoms with Gasteiger partial charge in [-0.1, -0.05) is 44.5 Å². The SMILES string of the molecule is CCCC(C)c1nc(N2CCN(S(=O)(=O)c3cccc(C(F)(F)F)c3)CC2)c2cnn(-c3ccccc3)c2n1. The summed E-state index contributed by atoms with van der Waals surface area (Å²) >= 11 is 0. The predicted molar refractivity (Wildman–Crippen MR) is 142 cm³/mol. The highest BCUT2D eigenvalue weighted by Crippen LogP contribution is 2.33. The normalized spacial score (nSPS) is 16.1. The van der Waals surface area contributed by atoms with Crippen LogP contribution in [0, 0.1) is 0 Å². The summed E-state index contributed by atoms with van der Waals surface area (Å²) in [7, 11) is -4.10. The van der Waals surface area contributed by atoms with Crippen molar-refractivity contribution in [1.29, 1.82) is 0 Å². The highest BCUT2D eigenvalue weighted by Gasteiger charge is 2.34. The molecule has 0 amide bonds. The Labute approximate surface area is 225 Å². The number of rotatable bonds is 7. The van der Waals surface area contributed by atoms with Gasteiger partial charge >= 0.3 is 6.18 Å². The van der Waals surface area contributed by atoms with Crippen LogP contribution in [0.1, 0.15) is 44.0 Å². The number of aromatic nitrogens is 4. The number of nitrogens with zero attached hydrogens (tertiary/aromatic N) is 6. The van der Waals surface area contributed by atoms with Gasteiger partial charge < -0.3 is 4.90 Å². The second-order valence-corrected chi connectivity index (χ2v) is 11.6. The summed E-state index contributed by atoms with van der Waals surface area (Å²) in [5.74, 6) is 1.48. The van der Waals surface area contributed by atoms with Gasteiger partial charge in [0.15, 0.2) is 5.65 Å². The van der Waals surface area contributed by atoms with Crippen molar-refractivity contribution >= 4 is 26.9 Å². The number of hydrogen-bond acceptors (Lipinski definition) is 6. The Kier molecular flexibility index (Phi) is 7.34. The van der Waals surface area contributed by atoms with Gasteiger partial charge in [0, 0.05) is 32.1 Å². The Balaban J connectivity index is 1.45. The number of piperazine rings is 1. The van der Waals surface area contributed by atoms with E-state index >= 15 is 0 Å². The highest BCUT2D eigenvalue weighted by atomic mass is 32.2. The third kappa shape index (κ3) is 5.35. The molecular weight excluding hydrogens is 529 g/mol. The first-order valence-corrected chi connectivity index (χ1v) is 14.3. The topological polar surface area (TPSA) is 84.2 Å². The molecule has 1 atom stereocenters. The van der Waals surface area contributed by atoms with E-state index in [2.05, 4.69) is 18.9 Å².